The molecule has 4 heteroatoms. The highest BCUT2D eigenvalue weighted by Crippen LogP contribution is 2.29. The smallest absolute Gasteiger partial charge is 0.339 e. The van der Waals surface area contributed by atoms with Crippen LogP contribution in [0.1, 0.15) is 49.4 Å². The number of nitrogens with zero attached hydrogens (tertiary/aromatic N) is 1. The summed E-state index contributed by atoms with van der Waals surface area (Å²) in [6.45, 7) is 2.24. The topological polar surface area (TPSA) is 62.2 Å². The molecular weight excluding hydrogens is 228 g/mol. The zero-order valence-electron chi connectivity index (χ0n) is 10.7. The van der Waals surface area contributed by atoms with E-state index in [2.05, 4.69) is 17.2 Å². The van der Waals surface area contributed by atoms with Crippen molar-refractivity contribution in [3.05, 3.63) is 24.0 Å². The summed E-state index contributed by atoms with van der Waals surface area (Å²) in [5, 5.41) is 12.4. The van der Waals surface area contributed by atoms with Gasteiger partial charge in [-0.25, -0.2) is 4.79 Å². The minimum Gasteiger partial charge on any atom is -0.478 e. The number of carboxylic acids is 1. The first-order valence-corrected chi connectivity index (χ1v) is 6.64. The summed E-state index contributed by atoms with van der Waals surface area (Å²) in [7, 11) is 0. The highest BCUT2D eigenvalue weighted by atomic mass is 16.4. The van der Waals surface area contributed by atoms with Gasteiger partial charge in [0.2, 0.25) is 0 Å². The molecule has 1 aliphatic rings. The average Bonchev–Trinajstić information content (AvgIpc) is 2.40. The maximum absolute atomic E-state index is 11.1. The highest BCUT2D eigenvalue weighted by molar-refractivity contribution is 5.93. The van der Waals surface area contributed by atoms with Gasteiger partial charge >= 0.3 is 5.97 Å². The lowest BCUT2D eigenvalue weighted by Crippen LogP contribution is -2.26. The van der Waals surface area contributed by atoms with E-state index in [1.807, 2.05) is 0 Å². The minimum atomic E-state index is -0.923. The van der Waals surface area contributed by atoms with Crippen LogP contribution in [0.4, 0.5) is 5.69 Å². The fraction of sp³-hybridized carbons (Fsp3) is 0.571. The number of aromatic nitrogens is 1. The molecule has 4 nitrogen and oxygen atoms in total. The van der Waals surface area contributed by atoms with E-state index in [1.54, 1.807) is 12.3 Å². The molecule has 1 fully saturated rings. The Balaban J connectivity index is 2.00. The zero-order chi connectivity index (χ0) is 13.0. The molecule has 2 rings (SSSR count). The Morgan fingerprint density at radius 2 is 2.17 bits per heavy atom. The molecule has 0 aromatic carbocycles. The largest absolute Gasteiger partial charge is 0.478 e. The Morgan fingerprint density at radius 1 is 1.44 bits per heavy atom. The predicted molar refractivity (Wildman–Crippen MR) is 70.9 cm³/mol. The van der Waals surface area contributed by atoms with Crippen molar-refractivity contribution in [1.82, 2.24) is 4.98 Å². The van der Waals surface area contributed by atoms with E-state index in [9.17, 15) is 4.79 Å². The van der Waals surface area contributed by atoms with Crippen molar-refractivity contribution in [2.45, 2.75) is 45.1 Å². The summed E-state index contributed by atoms with van der Waals surface area (Å²) in [6, 6.07) is 2.14. The normalized spacial score (nSPS) is 23.6. The van der Waals surface area contributed by atoms with Crippen LogP contribution in [0, 0.1) is 5.92 Å². The van der Waals surface area contributed by atoms with Crippen LogP contribution < -0.4 is 5.32 Å². The third kappa shape index (κ3) is 3.00. The van der Waals surface area contributed by atoms with Crippen LogP contribution in [-0.4, -0.2) is 22.1 Å². The fourth-order valence-electron chi connectivity index (χ4n) is 2.63. The summed E-state index contributed by atoms with van der Waals surface area (Å²) in [5.74, 6) is -0.0766. The lowest BCUT2D eigenvalue weighted by molar-refractivity contribution is 0.0697. The number of hydrogen-bond acceptors (Lipinski definition) is 3. The van der Waals surface area contributed by atoms with E-state index in [0.29, 0.717) is 11.7 Å². The standard InChI is InChI=1S/C14H20N2O2/c1-2-10-3-5-11(6-4-10)16-13-7-8-15-9-12(13)14(17)18/h7-11H,2-6H2,1H3,(H,15,16)(H,17,18). The second-order valence-electron chi connectivity index (χ2n) is 5.00. The SMILES string of the molecule is CCC1CCC(Nc2ccncc2C(=O)O)CC1. The molecule has 1 aromatic rings. The van der Waals surface area contributed by atoms with Crippen LogP contribution in [0.2, 0.25) is 0 Å². The first-order chi connectivity index (χ1) is 8.70. The van der Waals surface area contributed by atoms with Crippen molar-refractivity contribution < 1.29 is 9.90 Å². The molecule has 18 heavy (non-hydrogen) atoms. The van der Waals surface area contributed by atoms with Gasteiger partial charge in [0.15, 0.2) is 0 Å². The van der Waals surface area contributed by atoms with Gasteiger partial charge in [0, 0.05) is 18.4 Å². The van der Waals surface area contributed by atoms with E-state index in [1.165, 1.54) is 25.5 Å². The Morgan fingerprint density at radius 3 is 2.78 bits per heavy atom. The molecule has 0 unspecified atom stereocenters. The van der Waals surface area contributed by atoms with Crippen LogP contribution in [-0.2, 0) is 0 Å². The zero-order valence-corrected chi connectivity index (χ0v) is 10.7. The van der Waals surface area contributed by atoms with Gasteiger partial charge in [0.25, 0.3) is 0 Å². The molecule has 2 N–H and O–H groups in total. The monoisotopic (exact) mass is 248 g/mol. The number of carboxylic acid groups (broad SMARTS) is 1. The number of aromatic carboxylic acids is 1. The van der Waals surface area contributed by atoms with Crippen molar-refractivity contribution >= 4 is 11.7 Å². The quantitative estimate of drug-likeness (QED) is 0.859. The van der Waals surface area contributed by atoms with Gasteiger partial charge in [0.05, 0.1) is 5.69 Å². The van der Waals surface area contributed by atoms with E-state index >= 15 is 0 Å². The van der Waals surface area contributed by atoms with Crippen LogP contribution >= 0.6 is 0 Å². The lowest BCUT2D eigenvalue weighted by atomic mass is 9.84. The first-order valence-electron chi connectivity index (χ1n) is 6.64. The Hall–Kier alpha value is -1.58. The van der Waals surface area contributed by atoms with Gasteiger partial charge in [-0.1, -0.05) is 13.3 Å². The third-order valence-electron chi connectivity index (χ3n) is 3.84. The van der Waals surface area contributed by atoms with Crippen molar-refractivity contribution in [3.8, 4) is 0 Å². The first kappa shape index (κ1) is 12.9. The minimum absolute atomic E-state index is 0.259. The van der Waals surface area contributed by atoms with Gasteiger partial charge < -0.3 is 10.4 Å². The molecule has 0 aliphatic heterocycles. The molecule has 0 atom stereocenters. The average molecular weight is 248 g/mol. The summed E-state index contributed by atoms with van der Waals surface area (Å²) >= 11 is 0. The van der Waals surface area contributed by atoms with Crippen LogP contribution in [0.3, 0.4) is 0 Å². The summed E-state index contributed by atoms with van der Waals surface area (Å²) < 4.78 is 0. The van der Waals surface area contributed by atoms with E-state index < -0.39 is 5.97 Å². The maximum Gasteiger partial charge on any atom is 0.339 e. The highest BCUT2D eigenvalue weighted by Gasteiger charge is 2.21. The molecule has 0 radical (unpaired) electrons. The molecule has 0 bridgehead atoms. The van der Waals surface area contributed by atoms with E-state index in [-0.39, 0.29) is 5.56 Å². The third-order valence-corrected chi connectivity index (χ3v) is 3.84. The summed E-state index contributed by atoms with van der Waals surface area (Å²) in [4.78, 5) is 14.9. The van der Waals surface area contributed by atoms with Crippen molar-refractivity contribution in [1.29, 1.82) is 0 Å². The molecule has 0 saturated heterocycles. The summed E-state index contributed by atoms with van der Waals surface area (Å²) in [5.41, 5.74) is 0.951. The summed E-state index contributed by atoms with van der Waals surface area (Å²) in [6.07, 6.45) is 9.01. The second-order valence-corrected chi connectivity index (χ2v) is 5.00. The number of carbonyl (C=O) groups is 1. The van der Waals surface area contributed by atoms with Crippen LogP contribution in [0.15, 0.2) is 18.5 Å². The molecule has 1 aliphatic carbocycles. The Labute approximate surface area is 107 Å². The number of pyridine rings is 1. The lowest BCUT2D eigenvalue weighted by Gasteiger charge is -2.29. The Bertz CT molecular complexity index is 412. The number of anilines is 1. The van der Waals surface area contributed by atoms with Gasteiger partial charge in [0.1, 0.15) is 5.56 Å². The molecule has 1 heterocycles. The molecule has 1 saturated carbocycles. The van der Waals surface area contributed by atoms with Gasteiger partial charge in [-0.3, -0.25) is 4.98 Å². The fourth-order valence-corrected chi connectivity index (χ4v) is 2.63. The van der Waals surface area contributed by atoms with E-state index in [4.69, 9.17) is 5.11 Å². The van der Waals surface area contributed by atoms with Crippen molar-refractivity contribution in [2.75, 3.05) is 5.32 Å². The van der Waals surface area contributed by atoms with Crippen LogP contribution in [0.5, 0.6) is 0 Å². The van der Waals surface area contributed by atoms with Gasteiger partial charge in [-0.2, -0.15) is 0 Å². The molecule has 0 spiro atoms. The second kappa shape index (κ2) is 5.85. The number of rotatable bonds is 4. The molecule has 0 amide bonds. The van der Waals surface area contributed by atoms with Crippen molar-refractivity contribution in [3.63, 3.8) is 0 Å². The Kier molecular flexibility index (Phi) is 4.18. The molecule has 98 valence electrons. The predicted octanol–water partition coefficient (Wildman–Crippen LogP) is 3.16. The number of nitrogens with one attached hydrogen (secondary N) is 1. The molecular formula is C14H20N2O2. The van der Waals surface area contributed by atoms with Gasteiger partial charge in [-0.05, 0) is 37.7 Å². The van der Waals surface area contributed by atoms with Crippen LogP contribution in [0.25, 0.3) is 0 Å². The van der Waals surface area contributed by atoms with Gasteiger partial charge in [-0.15, -0.1) is 0 Å². The maximum atomic E-state index is 11.1. The molecule has 1 aromatic heterocycles. The van der Waals surface area contributed by atoms with E-state index in [0.717, 1.165) is 18.8 Å². The van der Waals surface area contributed by atoms with Crippen molar-refractivity contribution in [2.24, 2.45) is 5.92 Å². The number of hydrogen-bond donors (Lipinski definition) is 2.